The molecule has 2 aliphatic rings. The van der Waals surface area contributed by atoms with E-state index in [0.717, 1.165) is 31.2 Å². The molecule has 3 heteroatoms. The number of carbonyl (C=O) groups is 1. The first kappa shape index (κ1) is 13.6. The van der Waals surface area contributed by atoms with Crippen molar-refractivity contribution in [3.05, 3.63) is 35.9 Å². The Hall–Kier alpha value is -1.35. The summed E-state index contributed by atoms with van der Waals surface area (Å²) in [6.45, 7) is 2.79. The zero-order chi connectivity index (χ0) is 14.0. The number of nitrogens with zero attached hydrogens (tertiary/aromatic N) is 1. The van der Waals surface area contributed by atoms with Crippen LogP contribution in [-0.2, 0) is 4.74 Å². The summed E-state index contributed by atoms with van der Waals surface area (Å²) < 4.78 is 6.23. The predicted molar refractivity (Wildman–Crippen MR) is 78.5 cm³/mol. The van der Waals surface area contributed by atoms with Crippen LogP contribution in [0.4, 0.5) is 0 Å². The summed E-state index contributed by atoms with van der Waals surface area (Å²) in [6.07, 6.45) is 6.93. The summed E-state index contributed by atoms with van der Waals surface area (Å²) in [6, 6.07) is 9.59. The maximum Gasteiger partial charge on any atom is 0.256 e. The average molecular weight is 273 g/mol. The van der Waals surface area contributed by atoms with Gasteiger partial charge in [0.2, 0.25) is 0 Å². The van der Waals surface area contributed by atoms with Crippen LogP contribution in [0.25, 0.3) is 0 Å². The highest BCUT2D eigenvalue weighted by Crippen LogP contribution is 2.39. The minimum Gasteiger partial charge on any atom is -0.351 e. The van der Waals surface area contributed by atoms with Crippen molar-refractivity contribution in [3.8, 4) is 0 Å². The van der Waals surface area contributed by atoms with E-state index in [9.17, 15) is 4.79 Å². The van der Waals surface area contributed by atoms with Crippen molar-refractivity contribution in [2.24, 2.45) is 0 Å². The van der Waals surface area contributed by atoms with Gasteiger partial charge in [0, 0.05) is 12.1 Å². The largest absolute Gasteiger partial charge is 0.351 e. The van der Waals surface area contributed by atoms with E-state index >= 15 is 0 Å². The summed E-state index contributed by atoms with van der Waals surface area (Å²) in [4.78, 5) is 14.8. The van der Waals surface area contributed by atoms with E-state index in [0.29, 0.717) is 6.54 Å². The van der Waals surface area contributed by atoms with Gasteiger partial charge in [0.05, 0.1) is 6.10 Å². The van der Waals surface area contributed by atoms with Gasteiger partial charge in [0.1, 0.15) is 5.72 Å². The second kappa shape index (κ2) is 5.57. The van der Waals surface area contributed by atoms with Crippen molar-refractivity contribution < 1.29 is 9.53 Å². The summed E-state index contributed by atoms with van der Waals surface area (Å²) >= 11 is 0. The number of carbonyl (C=O) groups excluding carboxylic acids is 1. The Morgan fingerprint density at radius 2 is 1.80 bits per heavy atom. The van der Waals surface area contributed by atoms with Gasteiger partial charge in [-0.15, -0.1) is 0 Å². The van der Waals surface area contributed by atoms with Crippen LogP contribution in [0.2, 0.25) is 0 Å². The highest BCUT2D eigenvalue weighted by Gasteiger charge is 2.47. The first-order valence-corrected chi connectivity index (χ1v) is 7.76. The van der Waals surface area contributed by atoms with E-state index in [-0.39, 0.29) is 17.7 Å². The molecule has 0 unspecified atom stereocenters. The van der Waals surface area contributed by atoms with Gasteiger partial charge < -0.3 is 9.64 Å². The smallest absolute Gasteiger partial charge is 0.256 e. The van der Waals surface area contributed by atoms with Gasteiger partial charge in [0.25, 0.3) is 5.91 Å². The quantitative estimate of drug-likeness (QED) is 0.782. The Bertz CT molecular complexity index is 463. The van der Waals surface area contributed by atoms with Crippen molar-refractivity contribution in [1.82, 2.24) is 4.90 Å². The Morgan fingerprint density at radius 1 is 1.15 bits per heavy atom. The molecule has 0 N–H and O–H groups in total. The molecule has 0 bridgehead atoms. The van der Waals surface area contributed by atoms with E-state index in [2.05, 4.69) is 6.92 Å². The van der Waals surface area contributed by atoms with Gasteiger partial charge >= 0.3 is 0 Å². The molecular formula is C17H23NO2. The maximum atomic E-state index is 12.8. The second-order valence-electron chi connectivity index (χ2n) is 6.07. The molecule has 1 amide bonds. The highest BCUT2D eigenvalue weighted by molar-refractivity contribution is 5.94. The van der Waals surface area contributed by atoms with Gasteiger partial charge in [-0.1, -0.05) is 31.0 Å². The molecular weight excluding hydrogens is 250 g/mol. The van der Waals surface area contributed by atoms with Gasteiger partial charge in [-0.05, 0) is 44.7 Å². The maximum absolute atomic E-state index is 12.8. The van der Waals surface area contributed by atoms with Crippen LogP contribution in [0, 0.1) is 0 Å². The zero-order valence-electron chi connectivity index (χ0n) is 12.2. The Balaban J connectivity index is 1.88. The summed E-state index contributed by atoms with van der Waals surface area (Å²) in [5.41, 5.74) is 0.428. The molecule has 1 atom stereocenters. The number of hydrogen-bond donors (Lipinski definition) is 0. The predicted octanol–water partition coefficient (Wildman–Crippen LogP) is 3.60. The van der Waals surface area contributed by atoms with Crippen molar-refractivity contribution in [1.29, 1.82) is 0 Å². The Morgan fingerprint density at radius 3 is 2.45 bits per heavy atom. The summed E-state index contributed by atoms with van der Waals surface area (Å²) in [7, 11) is 0. The first-order valence-electron chi connectivity index (χ1n) is 7.76. The molecule has 1 aromatic rings. The molecule has 20 heavy (non-hydrogen) atoms. The number of amides is 1. The third kappa shape index (κ3) is 2.47. The number of hydrogen-bond acceptors (Lipinski definition) is 2. The minimum absolute atomic E-state index is 0.122. The van der Waals surface area contributed by atoms with Crippen LogP contribution >= 0.6 is 0 Å². The molecule has 1 spiro atoms. The minimum atomic E-state index is -0.344. The lowest BCUT2D eigenvalue weighted by Crippen LogP contribution is -2.48. The molecule has 3 rings (SSSR count). The first-order chi connectivity index (χ1) is 9.71. The average Bonchev–Trinajstić information content (AvgIpc) is 2.63. The number of rotatable bonds is 1. The standard InChI is InChI=1S/C17H23NO2/c1-14-13-18(16(19)15-9-5-4-6-10-15)17(20-14)11-7-2-3-8-12-17/h4-6,9-10,14H,2-3,7-8,11-13H2,1H3/t14-/m1/s1. The SMILES string of the molecule is C[C@@H]1CN(C(=O)c2ccccc2)C2(CCCCCC2)O1. The van der Waals surface area contributed by atoms with E-state index in [1.54, 1.807) is 0 Å². The monoisotopic (exact) mass is 273 g/mol. The fraction of sp³-hybridized carbons (Fsp3) is 0.588. The van der Waals surface area contributed by atoms with Gasteiger partial charge in [-0.3, -0.25) is 4.79 Å². The zero-order valence-corrected chi connectivity index (χ0v) is 12.2. The van der Waals surface area contributed by atoms with Crippen LogP contribution in [0.3, 0.4) is 0 Å². The fourth-order valence-electron chi connectivity index (χ4n) is 3.57. The van der Waals surface area contributed by atoms with Crippen molar-refractivity contribution >= 4 is 5.91 Å². The third-order valence-corrected chi connectivity index (χ3v) is 4.50. The third-order valence-electron chi connectivity index (χ3n) is 4.50. The molecule has 1 aliphatic heterocycles. The molecule has 1 saturated carbocycles. The lowest BCUT2D eigenvalue weighted by Gasteiger charge is -2.36. The normalized spacial score (nSPS) is 25.6. The Labute approximate surface area is 120 Å². The van der Waals surface area contributed by atoms with Crippen molar-refractivity contribution in [2.75, 3.05) is 6.54 Å². The summed E-state index contributed by atoms with van der Waals surface area (Å²) in [5, 5.41) is 0. The van der Waals surface area contributed by atoms with Crippen LogP contribution < -0.4 is 0 Å². The molecule has 2 fully saturated rings. The lowest BCUT2D eigenvalue weighted by molar-refractivity contribution is -0.0974. The van der Waals surface area contributed by atoms with Crippen molar-refractivity contribution in [3.63, 3.8) is 0 Å². The topological polar surface area (TPSA) is 29.5 Å². The van der Waals surface area contributed by atoms with Crippen molar-refractivity contribution in [2.45, 2.75) is 57.3 Å². The highest BCUT2D eigenvalue weighted by atomic mass is 16.5. The molecule has 1 saturated heterocycles. The van der Waals surface area contributed by atoms with E-state index in [4.69, 9.17) is 4.74 Å². The molecule has 1 aromatic carbocycles. The van der Waals surface area contributed by atoms with Crippen LogP contribution in [0.1, 0.15) is 55.8 Å². The molecule has 0 radical (unpaired) electrons. The molecule has 108 valence electrons. The second-order valence-corrected chi connectivity index (χ2v) is 6.07. The molecule has 1 aliphatic carbocycles. The number of ether oxygens (including phenoxy) is 1. The van der Waals surface area contributed by atoms with Crippen LogP contribution in [0.5, 0.6) is 0 Å². The molecule has 0 aromatic heterocycles. The van der Waals surface area contributed by atoms with Gasteiger partial charge in [-0.25, -0.2) is 0 Å². The molecule has 1 heterocycles. The van der Waals surface area contributed by atoms with Crippen LogP contribution in [0.15, 0.2) is 30.3 Å². The van der Waals surface area contributed by atoms with E-state index in [1.807, 2.05) is 35.2 Å². The van der Waals surface area contributed by atoms with Crippen LogP contribution in [-0.4, -0.2) is 29.2 Å². The van der Waals surface area contributed by atoms with Gasteiger partial charge in [0.15, 0.2) is 0 Å². The Kier molecular flexibility index (Phi) is 3.79. The fourth-order valence-corrected chi connectivity index (χ4v) is 3.57. The van der Waals surface area contributed by atoms with Gasteiger partial charge in [-0.2, -0.15) is 0 Å². The molecule has 3 nitrogen and oxygen atoms in total. The van der Waals surface area contributed by atoms with E-state index < -0.39 is 0 Å². The summed E-state index contributed by atoms with van der Waals surface area (Å²) in [5.74, 6) is 0.122. The lowest BCUT2D eigenvalue weighted by atomic mass is 10.0. The van der Waals surface area contributed by atoms with E-state index in [1.165, 1.54) is 12.8 Å². The number of benzene rings is 1.